The first-order chi connectivity index (χ1) is 10.2. The van der Waals surface area contributed by atoms with Gasteiger partial charge < -0.3 is 25.6 Å². The first-order valence-electron chi connectivity index (χ1n) is 7.35. The van der Waals surface area contributed by atoms with E-state index in [9.17, 15) is 9.59 Å². The number of carbonyl (C=O) groups excluding carboxylic acids is 2. The van der Waals surface area contributed by atoms with Crippen LogP contribution in [0.3, 0.4) is 0 Å². The van der Waals surface area contributed by atoms with Gasteiger partial charge in [0, 0.05) is 33.7 Å². The molecule has 0 aromatic heterocycles. The molecule has 0 unspecified atom stereocenters. The highest BCUT2D eigenvalue weighted by atomic mass is 16.6. The van der Waals surface area contributed by atoms with Crippen molar-refractivity contribution < 1.29 is 14.3 Å². The number of rotatable bonds is 6. The average molecular weight is 315 g/mol. The lowest BCUT2D eigenvalue weighted by Crippen LogP contribution is -2.43. The van der Waals surface area contributed by atoms with E-state index in [1.807, 2.05) is 27.7 Å². The predicted molar refractivity (Wildman–Crippen MR) is 86.9 cm³/mol. The summed E-state index contributed by atoms with van der Waals surface area (Å²) in [5.41, 5.74) is -0.513. The molecular weight excluding hydrogens is 286 g/mol. The van der Waals surface area contributed by atoms with Crippen molar-refractivity contribution in [2.24, 2.45) is 4.99 Å². The van der Waals surface area contributed by atoms with Gasteiger partial charge in [-0.15, -0.1) is 0 Å². The third kappa shape index (κ3) is 10.8. The smallest absolute Gasteiger partial charge is 0.407 e. The summed E-state index contributed by atoms with van der Waals surface area (Å²) in [6.07, 6.45) is -0.459. The third-order valence-corrected chi connectivity index (χ3v) is 2.30. The molecule has 0 aliphatic carbocycles. The first kappa shape index (κ1) is 20.0. The van der Waals surface area contributed by atoms with Crippen LogP contribution in [0.5, 0.6) is 0 Å². The number of nitrogens with one attached hydrogen (secondary N) is 3. The SMILES string of the molecule is CCNC(=NCC(=O)N(C)C)NCCNC(=O)OC(C)(C)C. The number of hydrogen-bond donors (Lipinski definition) is 3. The molecule has 0 radical (unpaired) electrons. The van der Waals surface area contributed by atoms with Crippen LogP contribution in [0.25, 0.3) is 0 Å². The van der Waals surface area contributed by atoms with Crippen LogP contribution in [-0.4, -0.2) is 68.7 Å². The maximum atomic E-state index is 11.5. The Morgan fingerprint density at radius 1 is 1.09 bits per heavy atom. The Hall–Kier alpha value is -1.99. The Morgan fingerprint density at radius 2 is 1.68 bits per heavy atom. The molecule has 0 aromatic carbocycles. The van der Waals surface area contributed by atoms with E-state index in [-0.39, 0.29) is 12.5 Å². The van der Waals surface area contributed by atoms with E-state index < -0.39 is 11.7 Å². The van der Waals surface area contributed by atoms with Gasteiger partial charge in [0.2, 0.25) is 5.91 Å². The molecule has 0 bridgehead atoms. The Kier molecular flexibility index (Phi) is 8.97. The topological polar surface area (TPSA) is 95.1 Å². The Morgan fingerprint density at radius 3 is 2.18 bits per heavy atom. The monoisotopic (exact) mass is 315 g/mol. The fraction of sp³-hybridized carbons (Fsp3) is 0.786. The number of ether oxygens (including phenoxy) is 1. The number of aliphatic imine (C=N–C) groups is 1. The molecule has 2 amide bonds. The number of hydrogen-bond acceptors (Lipinski definition) is 4. The van der Waals surface area contributed by atoms with Crippen LogP contribution in [0.2, 0.25) is 0 Å². The van der Waals surface area contributed by atoms with Gasteiger partial charge in [-0.2, -0.15) is 0 Å². The van der Waals surface area contributed by atoms with E-state index >= 15 is 0 Å². The summed E-state index contributed by atoms with van der Waals surface area (Å²) in [5.74, 6) is 0.452. The highest BCUT2D eigenvalue weighted by Gasteiger charge is 2.15. The van der Waals surface area contributed by atoms with Crippen LogP contribution in [0, 0.1) is 0 Å². The molecule has 8 heteroatoms. The summed E-state index contributed by atoms with van der Waals surface area (Å²) in [6.45, 7) is 8.98. The maximum Gasteiger partial charge on any atom is 0.407 e. The fourth-order valence-corrected chi connectivity index (χ4v) is 1.29. The summed E-state index contributed by atoms with van der Waals surface area (Å²) in [7, 11) is 3.37. The van der Waals surface area contributed by atoms with Gasteiger partial charge in [-0.25, -0.2) is 9.79 Å². The summed E-state index contributed by atoms with van der Waals surface area (Å²) in [6, 6.07) is 0. The van der Waals surface area contributed by atoms with Crippen molar-refractivity contribution in [3.05, 3.63) is 0 Å². The van der Waals surface area contributed by atoms with Crippen LogP contribution in [0.1, 0.15) is 27.7 Å². The standard InChI is InChI=1S/C14H29N5O3/c1-7-15-12(18-10-11(20)19(5)6)16-8-9-17-13(21)22-14(2,3)4/h7-10H2,1-6H3,(H,17,21)(H2,15,16,18). The molecule has 22 heavy (non-hydrogen) atoms. The van der Waals surface area contributed by atoms with E-state index in [1.165, 1.54) is 4.90 Å². The third-order valence-electron chi connectivity index (χ3n) is 2.30. The summed E-state index contributed by atoms with van der Waals surface area (Å²) in [5, 5.41) is 8.70. The number of carbonyl (C=O) groups is 2. The van der Waals surface area contributed by atoms with Crippen molar-refractivity contribution in [1.82, 2.24) is 20.9 Å². The van der Waals surface area contributed by atoms with Crippen molar-refractivity contribution in [2.45, 2.75) is 33.3 Å². The minimum absolute atomic E-state index is 0.0713. The second kappa shape index (κ2) is 9.86. The molecular formula is C14H29N5O3. The van der Waals surface area contributed by atoms with Gasteiger partial charge >= 0.3 is 6.09 Å². The number of likely N-dealkylation sites (N-methyl/N-ethyl adjacent to an activating group) is 1. The van der Waals surface area contributed by atoms with Crippen LogP contribution in [-0.2, 0) is 9.53 Å². The van der Waals surface area contributed by atoms with Crippen molar-refractivity contribution in [2.75, 3.05) is 40.3 Å². The molecule has 0 saturated heterocycles. The molecule has 0 spiro atoms. The van der Waals surface area contributed by atoms with Gasteiger partial charge in [0.15, 0.2) is 5.96 Å². The van der Waals surface area contributed by atoms with E-state index in [2.05, 4.69) is 20.9 Å². The van der Waals surface area contributed by atoms with Gasteiger partial charge in [0.05, 0.1) is 0 Å². The zero-order valence-corrected chi connectivity index (χ0v) is 14.4. The zero-order valence-electron chi connectivity index (χ0n) is 14.4. The van der Waals surface area contributed by atoms with Gasteiger partial charge in [0.1, 0.15) is 12.1 Å². The highest BCUT2D eigenvalue weighted by Crippen LogP contribution is 2.05. The van der Waals surface area contributed by atoms with Crippen LogP contribution >= 0.6 is 0 Å². The minimum Gasteiger partial charge on any atom is -0.444 e. The second-order valence-corrected chi connectivity index (χ2v) is 5.84. The maximum absolute atomic E-state index is 11.5. The molecule has 0 atom stereocenters. The van der Waals surface area contributed by atoms with E-state index in [0.29, 0.717) is 25.6 Å². The number of alkyl carbamates (subject to hydrolysis) is 1. The van der Waals surface area contributed by atoms with Crippen molar-refractivity contribution in [3.8, 4) is 0 Å². The fourth-order valence-electron chi connectivity index (χ4n) is 1.29. The molecule has 0 rings (SSSR count). The molecule has 0 aliphatic heterocycles. The summed E-state index contributed by atoms with van der Waals surface area (Å²) >= 11 is 0. The number of amides is 2. The Labute approximate surface area is 132 Å². The van der Waals surface area contributed by atoms with Gasteiger partial charge in [-0.3, -0.25) is 4.79 Å². The second-order valence-electron chi connectivity index (χ2n) is 5.84. The Bertz CT molecular complexity index is 388. The zero-order chi connectivity index (χ0) is 17.2. The molecule has 0 aromatic rings. The summed E-state index contributed by atoms with van der Waals surface area (Å²) < 4.78 is 5.12. The van der Waals surface area contributed by atoms with E-state index in [4.69, 9.17) is 4.74 Å². The molecule has 0 heterocycles. The first-order valence-corrected chi connectivity index (χ1v) is 7.35. The Balaban J connectivity index is 4.13. The van der Waals surface area contributed by atoms with Crippen LogP contribution in [0.4, 0.5) is 4.79 Å². The summed E-state index contributed by atoms with van der Waals surface area (Å²) in [4.78, 5) is 28.6. The van der Waals surface area contributed by atoms with E-state index in [1.54, 1.807) is 14.1 Å². The molecule has 0 saturated carbocycles. The number of guanidine groups is 1. The van der Waals surface area contributed by atoms with Gasteiger partial charge in [-0.05, 0) is 27.7 Å². The lowest BCUT2D eigenvalue weighted by molar-refractivity contribution is -0.127. The van der Waals surface area contributed by atoms with Crippen LogP contribution < -0.4 is 16.0 Å². The molecule has 0 aliphatic rings. The predicted octanol–water partition coefficient (Wildman–Crippen LogP) is 0.154. The van der Waals surface area contributed by atoms with Crippen molar-refractivity contribution >= 4 is 18.0 Å². The highest BCUT2D eigenvalue weighted by molar-refractivity contribution is 5.84. The van der Waals surface area contributed by atoms with Crippen molar-refractivity contribution in [1.29, 1.82) is 0 Å². The van der Waals surface area contributed by atoms with Gasteiger partial charge in [0.25, 0.3) is 0 Å². The molecule has 0 fully saturated rings. The largest absolute Gasteiger partial charge is 0.444 e. The van der Waals surface area contributed by atoms with E-state index in [0.717, 1.165) is 0 Å². The van der Waals surface area contributed by atoms with Gasteiger partial charge in [-0.1, -0.05) is 0 Å². The lowest BCUT2D eigenvalue weighted by atomic mass is 10.2. The molecule has 8 nitrogen and oxygen atoms in total. The molecule has 3 N–H and O–H groups in total. The normalized spacial score (nSPS) is 11.6. The molecule has 128 valence electrons. The lowest BCUT2D eigenvalue weighted by Gasteiger charge is -2.20. The number of nitrogens with zero attached hydrogens (tertiary/aromatic N) is 2. The van der Waals surface area contributed by atoms with Crippen molar-refractivity contribution in [3.63, 3.8) is 0 Å². The average Bonchev–Trinajstić information content (AvgIpc) is 2.38. The minimum atomic E-state index is -0.513. The quantitative estimate of drug-likeness (QED) is 0.368. The van der Waals surface area contributed by atoms with Crippen LogP contribution in [0.15, 0.2) is 4.99 Å².